The van der Waals surface area contributed by atoms with Gasteiger partial charge >= 0.3 is 5.97 Å². The minimum Gasteiger partial charge on any atom is -0.481 e. The van der Waals surface area contributed by atoms with Crippen molar-refractivity contribution in [1.29, 1.82) is 0 Å². The molecular formula is C10H16N2O2S. The molecule has 0 aliphatic carbocycles. The summed E-state index contributed by atoms with van der Waals surface area (Å²) in [5.41, 5.74) is 0.954. The topological polar surface area (TPSA) is 55.1 Å². The third kappa shape index (κ3) is 2.99. The summed E-state index contributed by atoms with van der Waals surface area (Å²) in [6.45, 7) is 5.57. The standard InChI is InChI=1S/C10H16N2O2S/c1-6-5-9(12(4)11-6)15-8(3)7(2)10(13)14/h5,7-8H,1-4H3,(H,13,14). The first kappa shape index (κ1) is 12.1. The highest BCUT2D eigenvalue weighted by Crippen LogP contribution is 2.28. The zero-order valence-electron chi connectivity index (χ0n) is 9.39. The van der Waals surface area contributed by atoms with E-state index < -0.39 is 5.97 Å². The number of thioether (sulfide) groups is 1. The number of aryl methyl sites for hydroxylation is 2. The highest BCUT2D eigenvalue weighted by Gasteiger charge is 2.21. The highest BCUT2D eigenvalue weighted by atomic mass is 32.2. The fourth-order valence-corrected chi connectivity index (χ4v) is 2.32. The van der Waals surface area contributed by atoms with Crippen LogP contribution in [0.3, 0.4) is 0 Å². The molecule has 4 nitrogen and oxygen atoms in total. The van der Waals surface area contributed by atoms with Gasteiger partial charge in [-0.05, 0) is 13.0 Å². The molecule has 0 aromatic carbocycles. The van der Waals surface area contributed by atoms with Crippen LogP contribution in [0.25, 0.3) is 0 Å². The first-order chi connectivity index (χ1) is 6.91. The van der Waals surface area contributed by atoms with Crippen LogP contribution in [0.5, 0.6) is 0 Å². The molecule has 0 spiro atoms. The molecule has 0 aliphatic rings. The monoisotopic (exact) mass is 228 g/mol. The number of rotatable bonds is 4. The molecule has 1 N–H and O–H groups in total. The van der Waals surface area contributed by atoms with Crippen molar-refractivity contribution in [3.63, 3.8) is 0 Å². The van der Waals surface area contributed by atoms with Crippen LogP contribution in [0.15, 0.2) is 11.1 Å². The molecule has 0 radical (unpaired) electrons. The molecule has 2 atom stereocenters. The Morgan fingerprint density at radius 1 is 1.60 bits per heavy atom. The molecule has 5 heteroatoms. The smallest absolute Gasteiger partial charge is 0.307 e. The van der Waals surface area contributed by atoms with E-state index in [1.807, 2.05) is 27.0 Å². The molecule has 2 unspecified atom stereocenters. The predicted octanol–water partition coefficient (Wildman–Crippen LogP) is 1.93. The maximum atomic E-state index is 10.8. The van der Waals surface area contributed by atoms with Gasteiger partial charge in [0.05, 0.1) is 16.6 Å². The van der Waals surface area contributed by atoms with Gasteiger partial charge < -0.3 is 5.11 Å². The molecule has 0 aliphatic heterocycles. The van der Waals surface area contributed by atoms with Gasteiger partial charge in [0.15, 0.2) is 0 Å². The number of hydrogen-bond acceptors (Lipinski definition) is 3. The Hall–Kier alpha value is -0.970. The fraction of sp³-hybridized carbons (Fsp3) is 0.600. The van der Waals surface area contributed by atoms with Crippen LogP contribution < -0.4 is 0 Å². The fourth-order valence-electron chi connectivity index (χ4n) is 1.19. The Morgan fingerprint density at radius 2 is 2.20 bits per heavy atom. The summed E-state index contributed by atoms with van der Waals surface area (Å²) in [4.78, 5) is 10.8. The Bertz CT molecular complexity index is 362. The second-order valence-corrected chi connectivity index (χ2v) is 5.09. The summed E-state index contributed by atoms with van der Waals surface area (Å²) in [6, 6.07) is 1.97. The lowest BCUT2D eigenvalue weighted by molar-refractivity contribution is -0.140. The van der Waals surface area contributed by atoms with Crippen molar-refractivity contribution in [2.24, 2.45) is 13.0 Å². The summed E-state index contributed by atoms with van der Waals surface area (Å²) in [5.74, 6) is -1.11. The van der Waals surface area contributed by atoms with E-state index in [0.29, 0.717) is 0 Å². The van der Waals surface area contributed by atoms with Crippen LogP contribution in [0.1, 0.15) is 19.5 Å². The second-order valence-electron chi connectivity index (χ2n) is 3.70. The summed E-state index contributed by atoms with van der Waals surface area (Å²) >= 11 is 1.55. The molecule has 1 aromatic rings. The SMILES string of the molecule is Cc1cc(SC(C)C(C)C(=O)O)n(C)n1. The van der Waals surface area contributed by atoms with Crippen LogP contribution in [0, 0.1) is 12.8 Å². The lowest BCUT2D eigenvalue weighted by atomic mass is 10.1. The Balaban J connectivity index is 2.70. The van der Waals surface area contributed by atoms with Crippen molar-refractivity contribution in [2.75, 3.05) is 0 Å². The van der Waals surface area contributed by atoms with Crippen molar-refractivity contribution in [1.82, 2.24) is 9.78 Å². The Labute approximate surface area is 93.7 Å². The first-order valence-electron chi connectivity index (χ1n) is 4.82. The zero-order valence-corrected chi connectivity index (χ0v) is 10.2. The molecule has 0 bridgehead atoms. The van der Waals surface area contributed by atoms with E-state index in [2.05, 4.69) is 5.10 Å². The van der Waals surface area contributed by atoms with Gasteiger partial charge in [-0.15, -0.1) is 11.8 Å². The molecule has 1 aromatic heterocycles. The normalized spacial score (nSPS) is 14.9. The molecule has 84 valence electrons. The van der Waals surface area contributed by atoms with Gasteiger partial charge in [-0.1, -0.05) is 13.8 Å². The quantitative estimate of drug-likeness (QED) is 0.800. The van der Waals surface area contributed by atoms with Crippen LogP contribution in [-0.4, -0.2) is 26.1 Å². The van der Waals surface area contributed by atoms with E-state index in [4.69, 9.17) is 5.11 Å². The van der Waals surface area contributed by atoms with Gasteiger partial charge in [-0.3, -0.25) is 9.48 Å². The third-order valence-corrected chi connectivity index (χ3v) is 3.76. The number of aliphatic carboxylic acids is 1. The minimum atomic E-state index is -0.756. The maximum Gasteiger partial charge on any atom is 0.307 e. The van der Waals surface area contributed by atoms with E-state index in [-0.39, 0.29) is 11.2 Å². The van der Waals surface area contributed by atoms with Crippen molar-refractivity contribution in [2.45, 2.75) is 31.0 Å². The molecular weight excluding hydrogens is 212 g/mol. The van der Waals surface area contributed by atoms with E-state index in [0.717, 1.165) is 10.7 Å². The van der Waals surface area contributed by atoms with Crippen LogP contribution >= 0.6 is 11.8 Å². The van der Waals surface area contributed by atoms with Crippen molar-refractivity contribution in [3.8, 4) is 0 Å². The third-order valence-electron chi connectivity index (χ3n) is 2.36. The van der Waals surface area contributed by atoms with Crippen LogP contribution in [0.2, 0.25) is 0 Å². The van der Waals surface area contributed by atoms with Crippen molar-refractivity contribution >= 4 is 17.7 Å². The molecule has 0 amide bonds. The number of hydrogen-bond donors (Lipinski definition) is 1. The molecule has 15 heavy (non-hydrogen) atoms. The summed E-state index contributed by atoms with van der Waals surface area (Å²) < 4.78 is 1.78. The number of nitrogens with zero attached hydrogens (tertiary/aromatic N) is 2. The number of aromatic nitrogens is 2. The predicted molar refractivity (Wildman–Crippen MR) is 60.1 cm³/mol. The number of carboxylic acids is 1. The summed E-state index contributed by atoms with van der Waals surface area (Å²) in [5, 5.41) is 14.1. The maximum absolute atomic E-state index is 10.8. The van der Waals surface area contributed by atoms with Crippen LogP contribution in [-0.2, 0) is 11.8 Å². The van der Waals surface area contributed by atoms with Gasteiger partial charge in [-0.25, -0.2) is 0 Å². The van der Waals surface area contributed by atoms with E-state index >= 15 is 0 Å². The average molecular weight is 228 g/mol. The summed E-state index contributed by atoms with van der Waals surface area (Å²) in [6.07, 6.45) is 0. The van der Waals surface area contributed by atoms with Gasteiger partial charge in [0.2, 0.25) is 0 Å². The molecule has 0 saturated carbocycles. The first-order valence-corrected chi connectivity index (χ1v) is 5.70. The van der Waals surface area contributed by atoms with Gasteiger partial charge in [-0.2, -0.15) is 5.10 Å². The van der Waals surface area contributed by atoms with Gasteiger partial charge in [0.1, 0.15) is 0 Å². The van der Waals surface area contributed by atoms with Gasteiger partial charge in [0, 0.05) is 12.3 Å². The second kappa shape index (κ2) is 4.70. The van der Waals surface area contributed by atoms with Crippen molar-refractivity contribution < 1.29 is 9.90 Å². The van der Waals surface area contributed by atoms with E-state index in [1.165, 1.54) is 0 Å². The zero-order chi connectivity index (χ0) is 11.6. The van der Waals surface area contributed by atoms with Crippen LogP contribution in [0.4, 0.5) is 0 Å². The molecule has 0 saturated heterocycles. The number of carbonyl (C=O) groups is 1. The van der Waals surface area contributed by atoms with Crippen molar-refractivity contribution in [3.05, 3.63) is 11.8 Å². The van der Waals surface area contributed by atoms with Gasteiger partial charge in [0.25, 0.3) is 0 Å². The summed E-state index contributed by atoms with van der Waals surface area (Å²) in [7, 11) is 1.87. The lowest BCUT2D eigenvalue weighted by Crippen LogP contribution is -2.20. The minimum absolute atomic E-state index is 0.0392. The Kier molecular flexibility index (Phi) is 3.79. The number of carboxylic acid groups (broad SMARTS) is 1. The van der Waals surface area contributed by atoms with E-state index in [9.17, 15) is 4.79 Å². The largest absolute Gasteiger partial charge is 0.481 e. The highest BCUT2D eigenvalue weighted by molar-refractivity contribution is 7.99. The van der Waals surface area contributed by atoms with E-state index in [1.54, 1.807) is 23.4 Å². The lowest BCUT2D eigenvalue weighted by Gasteiger charge is -2.14. The molecule has 1 heterocycles. The Morgan fingerprint density at radius 3 is 2.60 bits per heavy atom. The average Bonchev–Trinajstić information content (AvgIpc) is 2.43. The molecule has 1 rings (SSSR count). The molecule has 0 fully saturated rings.